The number of rotatable bonds is 4. The highest BCUT2D eigenvalue weighted by Crippen LogP contribution is 2.24. The Balaban J connectivity index is 2.55. The first kappa shape index (κ1) is 11.7. The van der Waals surface area contributed by atoms with Crippen LogP contribution < -0.4 is 16.2 Å². The van der Waals surface area contributed by atoms with E-state index in [2.05, 4.69) is 4.99 Å². The number of para-hydroxylation sites is 1. The van der Waals surface area contributed by atoms with Crippen molar-refractivity contribution in [1.82, 2.24) is 0 Å². The Hall–Kier alpha value is -1.42. The summed E-state index contributed by atoms with van der Waals surface area (Å²) >= 11 is 5.92. The Morgan fingerprint density at radius 2 is 2.13 bits per heavy atom. The van der Waals surface area contributed by atoms with Gasteiger partial charge < -0.3 is 16.2 Å². The number of ether oxygens (including phenoxy) is 1. The smallest absolute Gasteiger partial charge is 0.186 e. The standard InChI is InChI=1S/C10H14ClN3O/c1-7(6-14-10(12)13)15-9-5-3-2-4-8(9)11/h2-5,7H,6H2,1H3,(H4,12,13,14). The van der Waals surface area contributed by atoms with Crippen LogP contribution >= 0.6 is 11.6 Å². The predicted octanol–water partition coefficient (Wildman–Crippen LogP) is 1.38. The van der Waals surface area contributed by atoms with Crippen molar-refractivity contribution >= 4 is 17.6 Å². The lowest BCUT2D eigenvalue weighted by molar-refractivity contribution is 0.230. The van der Waals surface area contributed by atoms with Crippen LogP contribution in [0.4, 0.5) is 0 Å². The number of halogens is 1. The Bertz CT molecular complexity index is 350. The molecule has 0 aliphatic rings. The van der Waals surface area contributed by atoms with Crippen molar-refractivity contribution in [1.29, 1.82) is 0 Å². The second-order valence-corrected chi connectivity index (χ2v) is 3.53. The third-order valence-corrected chi connectivity index (χ3v) is 2.01. The summed E-state index contributed by atoms with van der Waals surface area (Å²) in [5.41, 5.74) is 10.4. The van der Waals surface area contributed by atoms with Gasteiger partial charge in [-0.2, -0.15) is 0 Å². The minimum absolute atomic E-state index is 0.0598. The van der Waals surface area contributed by atoms with Crippen LogP contribution in [0.15, 0.2) is 29.3 Å². The van der Waals surface area contributed by atoms with Crippen molar-refractivity contribution < 1.29 is 4.74 Å². The summed E-state index contributed by atoms with van der Waals surface area (Å²) in [4.78, 5) is 3.85. The summed E-state index contributed by atoms with van der Waals surface area (Å²) in [6.07, 6.45) is -0.119. The van der Waals surface area contributed by atoms with Crippen LogP contribution in [0.3, 0.4) is 0 Å². The number of hydrogen-bond donors (Lipinski definition) is 2. The van der Waals surface area contributed by atoms with Crippen molar-refractivity contribution in [3.63, 3.8) is 0 Å². The molecule has 0 radical (unpaired) electrons. The van der Waals surface area contributed by atoms with Crippen LogP contribution in [0.5, 0.6) is 5.75 Å². The Morgan fingerprint density at radius 3 is 2.73 bits per heavy atom. The summed E-state index contributed by atoms with van der Waals surface area (Å²) in [7, 11) is 0. The lowest BCUT2D eigenvalue weighted by Crippen LogP contribution is -2.26. The maximum absolute atomic E-state index is 5.92. The summed E-state index contributed by atoms with van der Waals surface area (Å²) in [6.45, 7) is 2.28. The van der Waals surface area contributed by atoms with Gasteiger partial charge in [0.1, 0.15) is 11.9 Å². The molecular formula is C10H14ClN3O. The zero-order valence-corrected chi connectivity index (χ0v) is 9.24. The molecule has 4 nitrogen and oxygen atoms in total. The molecule has 1 unspecified atom stereocenters. The number of hydrogen-bond acceptors (Lipinski definition) is 2. The quantitative estimate of drug-likeness (QED) is 0.603. The highest BCUT2D eigenvalue weighted by molar-refractivity contribution is 6.32. The average molecular weight is 228 g/mol. The first-order valence-corrected chi connectivity index (χ1v) is 4.94. The van der Waals surface area contributed by atoms with Gasteiger partial charge >= 0.3 is 0 Å². The normalized spacial score (nSPS) is 11.9. The van der Waals surface area contributed by atoms with Crippen molar-refractivity contribution in [2.45, 2.75) is 13.0 Å². The summed E-state index contributed by atoms with van der Waals surface area (Å²) < 4.78 is 5.55. The van der Waals surface area contributed by atoms with Gasteiger partial charge in [-0.05, 0) is 19.1 Å². The van der Waals surface area contributed by atoms with E-state index in [0.29, 0.717) is 17.3 Å². The van der Waals surface area contributed by atoms with Crippen LogP contribution in [-0.4, -0.2) is 18.6 Å². The second-order valence-electron chi connectivity index (χ2n) is 3.12. The van der Waals surface area contributed by atoms with Gasteiger partial charge in [0.15, 0.2) is 5.96 Å². The van der Waals surface area contributed by atoms with Gasteiger partial charge in [-0.25, -0.2) is 4.99 Å². The second kappa shape index (κ2) is 5.46. The molecule has 0 fully saturated rings. The number of guanidine groups is 1. The van der Waals surface area contributed by atoms with Crippen molar-refractivity contribution in [3.8, 4) is 5.75 Å². The SMILES string of the molecule is CC(CN=C(N)N)Oc1ccccc1Cl. The Morgan fingerprint density at radius 1 is 1.47 bits per heavy atom. The fourth-order valence-electron chi connectivity index (χ4n) is 1.03. The van der Waals surface area contributed by atoms with Gasteiger partial charge in [-0.1, -0.05) is 23.7 Å². The molecule has 0 spiro atoms. The molecule has 0 aliphatic carbocycles. The van der Waals surface area contributed by atoms with Crippen LogP contribution in [0, 0.1) is 0 Å². The summed E-state index contributed by atoms with van der Waals surface area (Å²) in [6, 6.07) is 7.27. The molecule has 5 heteroatoms. The minimum Gasteiger partial charge on any atom is -0.487 e. The Labute approximate surface area is 93.9 Å². The number of aliphatic imine (C=N–C) groups is 1. The fourth-order valence-corrected chi connectivity index (χ4v) is 1.21. The van der Waals surface area contributed by atoms with Gasteiger partial charge in [0.2, 0.25) is 0 Å². The largest absolute Gasteiger partial charge is 0.487 e. The molecule has 1 rings (SSSR count). The van der Waals surface area contributed by atoms with Gasteiger partial charge in [0.05, 0.1) is 11.6 Å². The molecule has 1 aromatic carbocycles. The highest BCUT2D eigenvalue weighted by Gasteiger charge is 2.05. The molecule has 1 aromatic rings. The number of nitrogens with two attached hydrogens (primary N) is 2. The molecule has 0 heterocycles. The molecule has 82 valence electrons. The zero-order chi connectivity index (χ0) is 11.3. The third kappa shape index (κ3) is 4.08. The van der Waals surface area contributed by atoms with Gasteiger partial charge in [-0.3, -0.25) is 0 Å². The number of nitrogens with zero attached hydrogens (tertiary/aromatic N) is 1. The average Bonchev–Trinajstić information content (AvgIpc) is 2.18. The van der Waals surface area contributed by atoms with Gasteiger partial charge in [0.25, 0.3) is 0 Å². The highest BCUT2D eigenvalue weighted by atomic mass is 35.5. The van der Waals surface area contributed by atoms with E-state index in [-0.39, 0.29) is 12.1 Å². The van der Waals surface area contributed by atoms with E-state index in [4.69, 9.17) is 27.8 Å². The van der Waals surface area contributed by atoms with Gasteiger partial charge in [-0.15, -0.1) is 0 Å². The van der Waals surface area contributed by atoms with E-state index < -0.39 is 0 Å². The van der Waals surface area contributed by atoms with E-state index in [0.717, 1.165) is 0 Å². The molecule has 0 amide bonds. The first-order valence-electron chi connectivity index (χ1n) is 4.56. The fraction of sp³-hybridized carbons (Fsp3) is 0.300. The van der Waals surface area contributed by atoms with Crippen LogP contribution in [0.1, 0.15) is 6.92 Å². The molecule has 4 N–H and O–H groups in total. The Kier molecular flexibility index (Phi) is 4.24. The van der Waals surface area contributed by atoms with Gasteiger partial charge in [0, 0.05) is 0 Å². The van der Waals surface area contributed by atoms with E-state index in [1.165, 1.54) is 0 Å². The van der Waals surface area contributed by atoms with Crippen molar-refractivity contribution in [3.05, 3.63) is 29.3 Å². The maximum Gasteiger partial charge on any atom is 0.186 e. The summed E-state index contributed by atoms with van der Waals surface area (Å²) in [5.74, 6) is 0.696. The van der Waals surface area contributed by atoms with Crippen LogP contribution in [0.2, 0.25) is 5.02 Å². The predicted molar refractivity (Wildman–Crippen MR) is 62.2 cm³/mol. The van der Waals surface area contributed by atoms with Crippen molar-refractivity contribution in [2.24, 2.45) is 16.5 Å². The van der Waals surface area contributed by atoms with Crippen LogP contribution in [-0.2, 0) is 0 Å². The van der Waals surface area contributed by atoms with E-state index in [1.54, 1.807) is 12.1 Å². The molecule has 0 saturated heterocycles. The number of benzene rings is 1. The molecule has 0 aromatic heterocycles. The van der Waals surface area contributed by atoms with E-state index in [1.807, 2.05) is 19.1 Å². The van der Waals surface area contributed by atoms with E-state index in [9.17, 15) is 0 Å². The molecule has 0 aliphatic heterocycles. The van der Waals surface area contributed by atoms with Crippen molar-refractivity contribution in [2.75, 3.05) is 6.54 Å². The first-order chi connectivity index (χ1) is 7.09. The third-order valence-electron chi connectivity index (χ3n) is 1.70. The monoisotopic (exact) mass is 227 g/mol. The molecule has 1 atom stereocenters. The molecule has 0 saturated carbocycles. The van der Waals surface area contributed by atoms with E-state index >= 15 is 0 Å². The minimum atomic E-state index is -0.119. The topological polar surface area (TPSA) is 73.6 Å². The zero-order valence-electron chi connectivity index (χ0n) is 8.48. The molecule has 0 bridgehead atoms. The molecular weight excluding hydrogens is 214 g/mol. The lowest BCUT2D eigenvalue weighted by Gasteiger charge is -2.13. The summed E-state index contributed by atoms with van der Waals surface area (Å²) in [5, 5.41) is 0.578. The lowest BCUT2D eigenvalue weighted by atomic mass is 10.3. The molecule has 15 heavy (non-hydrogen) atoms. The van der Waals surface area contributed by atoms with Crippen LogP contribution in [0.25, 0.3) is 0 Å². The maximum atomic E-state index is 5.92.